The van der Waals surface area contributed by atoms with E-state index in [1.54, 1.807) is 0 Å². The van der Waals surface area contributed by atoms with Crippen LogP contribution in [0.15, 0.2) is 12.2 Å². The smallest absolute Gasteiger partial charge is 0.334 e. The molecule has 5 heteroatoms. The van der Waals surface area contributed by atoms with E-state index in [0.717, 1.165) is 32.1 Å². The first-order valence-electron chi connectivity index (χ1n) is 9.73. The summed E-state index contributed by atoms with van der Waals surface area (Å²) in [5.74, 6) is 0.111. The summed E-state index contributed by atoms with van der Waals surface area (Å²) >= 11 is 0. The fraction of sp³-hybridized carbons (Fsp3) is 0.850. The molecule has 5 aliphatic rings. The monoisotopic (exact) mass is 348 g/mol. The summed E-state index contributed by atoms with van der Waals surface area (Å²) in [5.41, 5.74) is 0.146. The van der Waals surface area contributed by atoms with Crippen LogP contribution < -0.4 is 0 Å². The second-order valence-electron chi connectivity index (χ2n) is 9.13. The first-order valence-corrected chi connectivity index (χ1v) is 9.73. The Hall–Kier alpha value is -0.910. The van der Waals surface area contributed by atoms with Crippen LogP contribution in [-0.4, -0.2) is 47.7 Å². The van der Waals surface area contributed by atoms with Gasteiger partial charge in [0.15, 0.2) is 0 Å². The predicted molar refractivity (Wildman–Crippen MR) is 90.0 cm³/mol. The van der Waals surface area contributed by atoms with Crippen LogP contribution >= 0.6 is 0 Å². The van der Waals surface area contributed by atoms with Crippen molar-refractivity contribution in [3.8, 4) is 0 Å². The largest absolute Gasteiger partial charge is 0.456 e. The maximum atomic E-state index is 12.1. The van der Waals surface area contributed by atoms with Gasteiger partial charge < -0.3 is 18.9 Å². The van der Waals surface area contributed by atoms with Gasteiger partial charge in [-0.25, -0.2) is 4.79 Å². The topological polar surface area (TPSA) is 57.3 Å². The third-order valence-corrected chi connectivity index (χ3v) is 7.52. The number of ether oxygens (including phenoxy) is 4. The lowest BCUT2D eigenvalue weighted by Crippen LogP contribution is -2.54. The van der Waals surface area contributed by atoms with Crippen LogP contribution in [-0.2, 0) is 23.7 Å². The number of esters is 1. The van der Waals surface area contributed by atoms with Gasteiger partial charge in [0.1, 0.15) is 11.7 Å². The predicted octanol–water partition coefficient (Wildman–Crippen LogP) is 2.77. The molecule has 5 rings (SSSR count). The molecule has 5 saturated heterocycles. The van der Waals surface area contributed by atoms with Crippen LogP contribution in [0, 0.1) is 11.8 Å². The second kappa shape index (κ2) is 5.08. The highest BCUT2D eigenvalue weighted by atomic mass is 16.7. The quantitative estimate of drug-likeness (QED) is 0.383. The summed E-state index contributed by atoms with van der Waals surface area (Å²) in [6, 6.07) is 0. The highest BCUT2D eigenvalue weighted by molar-refractivity contribution is 5.91. The van der Waals surface area contributed by atoms with Crippen molar-refractivity contribution in [3.05, 3.63) is 12.2 Å². The van der Waals surface area contributed by atoms with Crippen LogP contribution in [0.4, 0.5) is 0 Å². The first kappa shape index (κ1) is 16.3. The molecule has 0 unspecified atom stereocenters. The van der Waals surface area contributed by atoms with Crippen LogP contribution in [0.3, 0.4) is 0 Å². The summed E-state index contributed by atoms with van der Waals surface area (Å²) in [7, 11) is 0. The minimum absolute atomic E-state index is 0.0312. The van der Waals surface area contributed by atoms with Gasteiger partial charge in [-0.15, -0.1) is 0 Å². The highest BCUT2D eigenvalue weighted by Gasteiger charge is 2.64. The molecule has 0 N–H and O–H groups in total. The molecule has 0 amide bonds. The number of carbonyl (C=O) groups is 1. The molecule has 5 aliphatic heterocycles. The summed E-state index contributed by atoms with van der Waals surface area (Å²) in [6.45, 7) is 10.6. The standard InChI is InChI=1S/C20H28O5/c1-10-5-6-13-20(4,25-13)14-7-8-19(3,24-14)15-9-12-11(2)18(21)23-17(12)16(10)22-15/h10,12-17H,2,5-9H2,1,3-4H3/t10-,12+,13-,14+,15+,16+,17-,19-,20-/m1/s1. The molecule has 25 heavy (non-hydrogen) atoms. The molecule has 0 aromatic carbocycles. The van der Waals surface area contributed by atoms with Crippen molar-refractivity contribution in [1.29, 1.82) is 0 Å². The number of fused-ring (bicyclic) bond motifs is 9. The van der Waals surface area contributed by atoms with E-state index in [9.17, 15) is 4.79 Å². The lowest BCUT2D eigenvalue weighted by molar-refractivity contribution is -0.217. The van der Waals surface area contributed by atoms with Crippen molar-refractivity contribution >= 4 is 5.97 Å². The molecular weight excluding hydrogens is 320 g/mol. The molecule has 0 saturated carbocycles. The zero-order valence-electron chi connectivity index (χ0n) is 15.3. The Morgan fingerprint density at radius 1 is 1.04 bits per heavy atom. The van der Waals surface area contributed by atoms with Crippen LogP contribution in [0.25, 0.3) is 0 Å². The second-order valence-corrected chi connectivity index (χ2v) is 9.13. The Morgan fingerprint density at radius 3 is 2.60 bits per heavy atom. The molecule has 5 nitrogen and oxygen atoms in total. The molecule has 0 aromatic heterocycles. The van der Waals surface area contributed by atoms with Crippen molar-refractivity contribution in [1.82, 2.24) is 0 Å². The lowest BCUT2D eigenvalue weighted by atomic mass is 9.76. The van der Waals surface area contributed by atoms with E-state index < -0.39 is 0 Å². The number of hydrogen-bond donors (Lipinski definition) is 0. The molecular formula is C20H28O5. The van der Waals surface area contributed by atoms with Crippen molar-refractivity contribution in [2.24, 2.45) is 11.8 Å². The van der Waals surface area contributed by atoms with Crippen LogP contribution in [0.2, 0.25) is 0 Å². The Bertz CT molecular complexity index is 632. The average molecular weight is 348 g/mol. The van der Waals surface area contributed by atoms with E-state index in [4.69, 9.17) is 18.9 Å². The lowest BCUT2D eigenvalue weighted by Gasteiger charge is -2.45. The number of epoxide rings is 1. The molecule has 0 radical (unpaired) electrons. The fourth-order valence-corrected chi connectivity index (χ4v) is 5.59. The summed E-state index contributed by atoms with van der Waals surface area (Å²) in [4.78, 5) is 12.1. The van der Waals surface area contributed by atoms with Crippen molar-refractivity contribution in [3.63, 3.8) is 0 Å². The van der Waals surface area contributed by atoms with Gasteiger partial charge in [0.25, 0.3) is 0 Å². The van der Waals surface area contributed by atoms with E-state index >= 15 is 0 Å². The molecule has 9 atom stereocenters. The third kappa shape index (κ3) is 2.22. The number of rotatable bonds is 0. The van der Waals surface area contributed by atoms with Gasteiger partial charge in [-0.05, 0) is 51.9 Å². The zero-order valence-corrected chi connectivity index (χ0v) is 15.3. The number of carbonyl (C=O) groups excluding carboxylic acids is 1. The number of hydrogen-bond acceptors (Lipinski definition) is 5. The Kier molecular flexibility index (Phi) is 3.31. The minimum atomic E-state index is -0.330. The van der Waals surface area contributed by atoms with Crippen molar-refractivity contribution in [2.75, 3.05) is 0 Å². The normalized spacial score (nSPS) is 57.3. The third-order valence-electron chi connectivity index (χ3n) is 7.52. The van der Waals surface area contributed by atoms with Gasteiger partial charge in [-0.1, -0.05) is 13.5 Å². The summed E-state index contributed by atoms with van der Waals surface area (Å²) in [6.07, 6.45) is 4.84. The molecule has 5 heterocycles. The molecule has 4 bridgehead atoms. The molecule has 0 aliphatic carbocycles. The maximum Gasteiger partial charge on any atom is 0.334 e. The van der Waals surface area contributed by atoms with E-state index in [2.05, 4.69) is 27.4 Å². The highest BCUT2D eigenvalue weighted by Crippen LogP contribution is 2.54. The van der Waals surface area contributed by atoms with Crippen molar-refractivity contribution in [2.45, 2.75) is 94.6 Å². The van der Waals surface area contributed by atoms with Crippen LogP contribution in [0.5, 0.6) is 0 Å². The van der Waals surface area contributed by atoms with Gasteiger partial charge in [0.2, 0.25) is 0 Å². The molecule has 0 aromatic rings. The van der Waals surface area contributed by atoms with Gasteiger partial charge in [-0.2, -0.15) is 0 Å². The summed E-state index contributed by atoms with van der Waals surface area (Å²) < 4.78 is 24.9. The SMILES string of the molecule is C=C1C(=O)O[C@H]2[C@H]3O[C@@H](C[C@@H]12)[C@@]1(C)CC[C@H](O1)[C@]1(C)O[C@@H]1CC[C@H]3C. The molecule has 0 spiro atoms. The van der Waals surface area contributed by atoms with E-state index in [-0.39, 0.29) is 53.6 Å². The Labute approximate surface area is 149 Å². The van der Waals surface area contributed by atoms with E-state index in [0.29, 0.717) is 11.5 Å². The maximum absolute atomic E-state index is 12.1. The van der Waals surface area contributed by atoms with Gasteiger partial charge in [0.05, 0.1) is 30.0 Å². The molecule has 138 valence electrons. The average Bonchev–Trinajstić information content (AvgIpc) is 2.92. The minimum Gasteiger partial charge on any atom is -0.456 e. The van der Waals surface area contributed by atoms with E-state index in [1.807, 2.05) is 0 Å². The fourth-order valence-electron chi connectivity index (χ4n) is 5.59. The Morgan fingerprint density at radius 2 is 1.80 bits per heavy atom. The van der Waals surface area contributed by atoms with Crippen LogP contribution in [0.1, 0.15) is 52.9 Å². The van der Waals surface area contributed by atoms with E-state index in [1.165, 1.54) is 0 Å². The van der Waals surface area contributed by atoms with Gasteiger partial charge in [-0.3, -0.25) is 0 Å². The Balaban J connectivity index is 1.51. The summed E-state index contributed by atoms with van der Waals surface area (Å²) in [5, 5.41) is 0. The van der Waals surface area contributed by atoms with Gasteiger partial charge >= 0.3 is 5.97 Å². The van der Waals surface area contributed by atoms with Crippen molar-refractivity contribution < 1.29 is 23.7 Å². The molecule has 5 fully saturated rings. The van der Waals surface area contributed by atoms with Gasteiger partial charge in [0, 0.05) is 11.5 Å². The first-order chi connectivity index (χ1) is 11.8. The zero-order chi connectivity index (χ0) is 17.6.